The third-order valence-electron chi connectivity index (χ3n) is 5.26. The Morgan fingerprint density at radius 1 is 1.00 bits per heavy atom. The van der Waals surface area contributed by atoms with Gasteiger partial charge in [0.15, 0.2) is 15.5 Å². The van der Waals surface area contributed by atoms with Gasteiger partial charge in [-0.2, -0.15) is 0 Å². The minimum absolute atomic E-state index is 0.0583. The number of anilines is 1. The molecule has 1 amide bonds. The molecule has 1 atom stereocenters. The van der Waals surface area contributed by atoms with E-state index in [-0.39, 0.29) is 22.5 Å². The molecule has 0 saturated heterocycles. The monoisotopic (exact) mass is 416 g/mol. The summed E-state index contributed by atoms with van der Waals surface area (Å²) in [6, 6.07) is 22.6. The molecule has 5 nitrogen and oxygen atoms in total. The maximum atomic E-state index is 13.2. The molecule has 150 valence electrons. The summed E-state index contributed by atoms with van der Waals surface area (Å²) in [5, 5.41) is 0. The zero-order valence-corrected chi connectivity index (χ0v) is 17.0. The first kappa shape index (κ1) is 19.9. The smallest absolute Gasteiger partial charge is 0.258 e. The molecule has 0 aliphatic carbocycles. The SMILES string of the molecule is [C-]#[N+]c1ccc2c(c1)C[C@H](CS(=O)(=O)c1ccccc1)CN2C(=O)c1ccccc1. The summed E-state index contributed by atoms with van der Waals surface area (Å²) in [4.78, 5) is 18.6. The summed E-state index contributed by atoms with van der Waals surface area (Å²) >= 11 is 0. The van der Waals surface area contributed by atoms with Crippen molar-refractivity contribution >= 4 is 27.1 Å². The predicted octanol–water partition coefficient (Wildman–Crippen LogP) is 4.53. The Labute approximate surface area is 176 Å². The number of rotatable bonds is 4. The molecule has 1 aliphatic heterocycles. The zero-order valence-electron chi connectivity index (χ0n) is 16.2. The van der Waals surface area contributed by atoms with Gasteiger partial charge in [-0.05, 0) is 48.2 Å². The highest BCUT2D eigenvalue weighted by molar-refractivity contribution is 7.91. The van der Waals surface area contributed by atoms with Crippen molar-refractivity contribution in [1.82, 2.24) is 0 Å². The van der Waals surface area contributed by atoms with Crippen LogP contribution in [-0.2, 0) is 16.3 Å². The highest BCUT2D eigenvalue weighted by atomic mass is 32.2. The first-order valence-corrected chi connectivity index (χ1v) is 11.3. The van der Waals surface area contributed by atoms with Gasteiger partial charge in [-0.1, -0.05) is 48.5 Å². The van der Waals surface area contributed by atoms with Crippen molar-refractivity contribution in [1.29, 1.82) is 0 Å². The van der Waals surface area contributed by atoms with Crippen molar-refractivity contribution in [2.75, 3.05) is 17.2 Å². The van der Waals surface area contributed by atoms with E-state index in [4.69, 9.17) is 6.57 Å². The Morgan fingerprint density at radius 3 is 2.33 bits per heavy atom. The molecule has 30 heavy (non-hydrogen) atoms. The van der Waals surface area contributed by atoms with Crippen LogP contribution in [0.3, 0.4) is 0 Å². The number of amides is 1. The molecule has 0 radical (unpaired) electrons. The van der Waals surface area contributed by atoms with Crippen LogP contribution in [0.25, 0.3) is 4.85 Å². The minimum Gasteiger partial charge on any atom is -0.308 e. The third kappa shape index (κ3) is 3.98. The van der Waals surface area contributed by atoms with Crippen LogP contribution in [0.15, 0.2) is 83.8 Å². The molecule has 4 rings (SSSR count). The van der Waals surface area contributed by atoms with E-state index in [1.807, 2.05) is 6.07 Å². The van der Waals surface area contributed by atoms with Gasteiger partial charge in [-0.3, -0.25) is 4.79 Å². The number of nitrogens with zero attached hydrogens (tertiary/aromatic N) is 2. The first-order valence-electron chi connectivity index (χ1n) is 9.63. The number of benzene rings is 3. The van der Waals surface area contributed by atoms with Gasteiger partial charge < -0.3 is 4.90 Å². The molecule has 0 bridgehead atoms. The molecule has 0 unspecified atom stereocenters. The average Bonchev–Trinajstić information content (AvgIpc) is 2.78. The number of hydrogen-bond donors (Lipinski definition) is 0. The fourth-order valence-electron chi connectivity index (χ4n) is 3.88. The summed E-state index contributed by atoms with van der Waals surface area (Å²) in [5.74, 6) is -0.498. The quantitative estimate of drug-likeness (QED) is 0.587. The lowest BCUT2D eigenvalue weighted by Gasteiger charge is -2.35. The summed E-state index contributed by atoms with van der Waals surface area (Å²) in [6.07, 6.45) is 0.503. The Bertz CT molecular complexity index is 1220. The zero-order chi connectivity index (χ0) is 21.1. The molecule has 3 aromatic carbocycles. The first-order chi connectivity index (χ1) is 14.5. The number of fused-ring (bicyclic) bond motifs is 1. The number of carbonyl (C=O) groups excluding carboxylic acids is 1. The lowest BCUT2D eigenvalue weighted by molar-refractivity contribution is 0.0981. The lowest BCUT2D eigenvalue weighted by atomic mass is 9.92. The van der Waals surface area contributed by atoms with Crippen molar-refractivity contribution in [2.45, 2.75) is 11.3 Å². The number of hydrogen-bond acceptors (Lipinski definition) is 3. The second-order valence-electron chi connectivity index (χ2n) is 7.37. The highest BCUT2D eigenvalue weighted by Gasteiger charge is 2.32. The van der Waals surface area contributed by atoms with Crippen LogP contribution < -0.4 is 4.90 Å². The summed E-state index contributed by atoms with van der Waals surface area (Å²) in [5.41, 5.74) is 2.59. The Morgan fingerprint density at radius 2 is 1.67 bits per heavy atom. The maximum absolute atomic E-state index is 13.2. The van der Waals surface area contributed by atoms with Gasteiger partial charge in [0, 0.05) is 17.8 Å². The van der Waals surface area contributed by atoms with E-state index in [9.17, 15) is 13.2 Å². The van der Waals surface area contributed by atoms with Crippen LogP contribution in [0, 0.1) is 12.5 Å². The van der Waals surface area contributed by atoms with Crippen LogP contribution in [-0.4, -0.2) is 26.6 Å². The summed E-state index contributed by atoms with van der Waals surface area (Å²) in [7, 11) is -3.49. The van der Waals surface area contributed by atoms with E-state index < -0.39 is 9.84 Å². The Kier molecular flexibility index (Phi) is 5.39. The van der Waals surface area contributed by atoms with E-state index in [2.05, 4.69) is 4.85 Å². The molecule has 3 aromatic rings. The molecule has 0 fully saturated rings. The standard InChI is InChI=1S/C24H20N2O3S/c1-25-21-12-13-23-20(15-21)14-18(17-30(28,29)22-10-6-3-7-11-22)16-26(23)24(27)19-8-4-2-5-9-19/h2-13,15,18H,14,16-17H2/t18-/m0/s1. The van der Waals surface area contributed by atoms with Crippen LogP contribution >= 0.6 is 0 Å². The molecule has 0 spiro atoms. The largest absolute Gasteiger partial charge is 0.308 e. The van der Waals surface area contributed by atoms with Crippen molar-refractivity contribution in [3.05, 3.63) is 101 Å². The van der Waals surface area contributed by atoms with E-state index in [1.54, 1.807) is 77.7 Å². The van der Waals surface area contributed by atoms with Gasteiger partial charge in [0.25, 0.3) is 5.91 Å². The van der Waals surface area contributed by atoms with Crippen LogP contribution in [0.5, 0.6) is 0 Å². The van der Waals surface area contributed by atoms with Crippen molar-refractivity contribution in [3.63, 3.8) is 0 Å². The van der Waals surface area contributed by atoms with Gasteiger partial charge in [0.05, 0.1) is 17.2 Å². The van der Waals surface area contributed by atoms with Gasteiger partial charge in [-0.15, -0.1) is 0 Å². The van der Waals surface area contributed by atoms with Crippen molar-refractivity contribution in [3.8, 4) is 0 Å². The predicted molar refractivity (Wildman–Crippen MR) is 117 cm³/mol. The highest BCUT2D eigenvalue weighted by Crippen LogP contribution is 2.35. The van der Waals surface area contributed by atoms with Gasteiger partial charge in [0.2, 0.25) is 0 Å². The molecule has 1 heterocycles. The average molecular weight is 417 g/mol. The number of carbonyl (C=O) groups is 1. The molecule has 0 aromatic heterocycles. The van der Waals surface area contributed by atoms with Crippen LogP contribution in [0.2, 0.25) is 0 Å². The Hall–Kier alpha value is -3.43. The van der Waals surface area contributed by atoms with Gasteiger partial charge in [-0.25, -0.2) is 13.3 Å². The lowest BCUT2D eigenvalue weighted by Crippen LogP contribution is -2.42. The molecular formula is C24H20N2O3S. The summed E-state index contributed by atoms with van der Waals surface area (Å²) in [6.45, 7) is 7.60. The number of sulfone groups is 1. The van der Waals surface area contributed by atoms with Crippen LogP contribution in [0.4, 0.5) is 11.4 Å². The molecule has 0 saturated carbocycles. The second kappa shape index (κ2) is 8.13. The fourth-order valence-corrected chi connectivity index (χ4v) is 5.48. The normalized spacial score (nSPS) is 15.8. The van der Waals surface area contributed by atoms with E-state index in [0.29, 0.717) is 24.2 Å². The van der Waals surface area contributed by atoms with E-state index >= 15 is 0 Å². The molecule has 1 aliphatic rings. The fraction of sp³-hybridized carbons (Fsp3) is 0.167. The second-order valence-corrected chi connectivity index (χ2v) is 9.41. The van der Waals surface area contributed by atoms with Crippen molar-refractivity contribution < 1.29 is 13.2 Å². The third-order valence-corrected chi connectivity index (χ3v) is 7.16. The molecule has 6 heteroatoms. The Balaban J connectivity index is 1.69. The van der Waals surface area contributed by atoms with Gasteiger partial charge in [0.1, 0.15) is 0 Å². The molecule has 0 N–H and O–H groups in total. The maximum Gasteiger partial charge on any atom is 0.258 e. The topological polar surface area (TPSA) is 58.8 Å². The minimum atomic E-state index is -3.49. The van der Waals surface area contributed by atoms with Gasteiger partial charge >= 0.3 is 0 Å². The summed E-state index contributed by atoms with van der Waals surface area (Å²) < 4.78 is 25.9. The van der Waals surface area contributed by atoms with E-state index in [0.717, 1.165) is 11.3 Å². The van der Waals surface area contributed by atoms with Crippen LogP contribution in [0.1, 0.15) is 15.9 Å². The molecular weight excluding hydrogens is 396 g/mol. The van der Waals surface area contributed by atoms with Crippen molar-refractivity contribution in [2.24, 2.45) is 5.92 Å². The van der Waals surface area contributed by atoms with E-state index in [1.165, 1.54) is 0 Å².